The zero-order valence-electron chi connectivity index (χ0n) is 11.4. The van der Waals surface area contributed by atoms with Crippen molar-refractivity contribution >= 4 is 34.2 Å². The number of amides is 1. The molecule has 0 aromatic heterocycles. The fourth-order valence-electron chi connectivity index (χ4n) is 1.78. The Balaban J connectivity index is 0.00000220. The van der Waals surface area contributed by atoms with Gasteiger partial charge in [-0.05, 0) is 19.1 Å². The van der Waals surface area contributed by atoms with E-state index in [1.165, 1.54) is 6.07 Å². The minimum atomic E-state index is -3.56. The molecule has 0 aliphatic carbocycles. The second-order valence-corrected chi connectivity index (χ2v) is 6.12. The molecule has 7 nitrogen and oxygen atoms in total. The molecule has 1 aliphatic heterocycles. The van der Waals surface area contributed by atoms with Crippen LogP contribution in [-0.2, 0) is 14.8 Å². The lowest BCUT2D eigenvalue weighted by molar-refractivity contribution is -0.120. The van der Waals surface area contributed by atoms with E-state index < -0.39 is 10.0 Å². The van der Waals surface area contributed by atoms with E-state index in [4.69, 9.17) is 5.73 Å². The predicted molar refractivity (Wildman–Crippen MR) is 82.1 cm³/mol. The van der Waals surface area contributed by atoms with Crippen LogP contribution >= 0.6 is 12.4 Å². The largest absolute Gasteiger partial charge is 0.351 e. The van der Waals surface area contributed by atoms with Crippen molar-refractivity contribution in [3.63, 3.8) is 0 Å². The zero-order chi connectivity index (χ0) is 14.8. The molecule has 4 N–H and O–H groups in total. The van der Waals surface area contributed by atoms with Crippen LogP contribution in [0.4, 0.5) is 0 Å². The molecule has 116 valence electrons. The molecule has 0 bridgehead atoms. The summed E-state index contributed by atoms with van der Waals surface area (Å²) in [5, 5.41) is 2.65. The lowest BCUT2D eigenvalue weighted by Gasteiger charge is -2.09. The maximum absolute atomic E-state index is 11.8. The standard InChI is InChI=1S/C12H16N4O3S.ClH/c1-8(6-13)15-11(17)7-14-12-9-4-2-3-5-10(9)20(18,19)16-12;/h2-5,8H,6-7,13H2,1H3,(H,14,16)(H,15,17);1H/t8-;/m0./s1. The number of benzene rings is 1. The summed E-state index contributed by atoms with van der Waals surface area (Å²) >= 11 is 0. The smallest absolute Gasteiger partial charge is 0.263 e. The molecule has 1 aromatic carbocycles. The number of carbonyl (C=O) groups excluding carboxylic acids is 1. The Labute approximate surface area is 129 Å². The molecule has 21 heavy (non-hydrogen) atoms. The zero-order valence-corrected chi connectivity index (χ0v) is 13.0. The third kappa shape index (κ3) is 3.93. The third-order valence-corrected chi connectivity index (χ3v) is 4.20. The van der Waals surface area contributed by atoms with Gasteiger partial charge >= 0.3 is 0 Å². The number of nitrogens with zero attached hydrogens (tertiary/aromatic N) is 1. The summed E-state index contributed by atoms with van der Waals surface area (Å²) in [6.45, 7) is 1.95. The van der Waals surface area contributed by atoms with Gasteiger partial charge in [-0.2, -0.15) is 0 Å². The van der Waals surface area contributed by atoms with Gasteiger partial charge in [-0.25, -0.2) is 8.42 Å². The first-order valence-corrected chi connectivity index (χ1v) is 7.58. The van der Waals surface area contributed by atoms with Crippen molar-refractivity contribution in [2.75, 3.05) is 13.1 Å². The fourth-order valence-corrected chi connectivity index (χ4v) is 3.03. The lowest BCUT2D eigenvalue weighted by atomic mass is 10.2. The summed E-state index contributed by atoms with van der Waals surface area (Å²) in [5.41, 5.74) is 5.87. The Morgan fingerprint density at radius 2 is 2.10 bits per heavy atom. The van der Waals surface area contributed by atoms with E-state index in [9.17, 15) is 13.2 Å². The minimum Gasteiger partial charge on any atom is -0.351 e. The van der Waals surface area contributed by atoms with Gasteiger partial charge in [0.15, 0.2) is 0 Å². The highest BCUT2D eigenvalue weighted by atomic mass is 35.5. The highest BCUT2D eigenvalue weighted by molar-refractivity contribution is 7.90. The van der Waals surface area contributed by atoms with Gasteiger partial charge in [0.05, 0.1) is 4.90 Å². The Hall–Kier alpha value is -1.64. The number of nitrogens with two attached hydrogens (primary N) is 1. The van der Waals surface area contributed by atoms with Crippen molar-refractivity contribution < 1.29 is 13.2 Å². The number of hydrogen-bond donors (Lipinski definition) is 3. The van der Waals surface area contributed by atoms with Crippen LogP contribution in [0.1, 0.15) is 12.5 Å². The van der Waals surface area contributed by atoms with Crippen molar-refractivity contribution in [3.8, 4) is 0 Å². The Morgan fingerprint density at radius 3 is 2.76 bits per heavy atom. The average Bonchev–Trinajstić information content (AvgIpc) is 2.68. The number of rotatable bonds is 4. The van der Waals surface area contributed by atoms with Crippen molar-refractivity contribution in [2.45, 2.75) is 17.9 Å². The highest BCUT2D eigenvalue weighted by Gasteiger charge is 2.30. The average molecular weight is 333 g/mol. The molecule has 1 amide bonds. The van der Waals surface area contributed by atoms with Gasteiger partial charge in [0.1, 0.15) is 12.4 Å². The molecule has 2 rings (SSSR count). The van der Waals surface area contributed by atoms with Crippen molar-refractivity contribution in [3.05, 3.63) is 29.8 Å². The van der Waals surface area contributed by atoms with Crippen LogP contribution in [0.5, 0.6) is 0 Å². The summed E-state index contributed by atoms with van der Waals surface area (Å²) < 4.78 is 26.0. The molecule has 0 fully saturated rings. The molecular weight excluding hydrogens is 316 g/mol. The summed E-state index contributed by atoms with van der Waals surface area (Å²) in [7, 11) is -3.56. The first-order valence-electron chi connectivity index (χ1n) is 6.10. The van der Waals surface area contributed by atoms with Crippen LogP contribution < -0.4 is 15.8 Å². The molecular formula is C12H17ClN4O3S. The topological polar surface area (TPSA) is 114 Å². The summed E-state index contributed by atoms with van der Waals surface area (Å²) in [6.07, 6.45) is 0. The normalized spacial score (nSPS) is 18.3. The summed E-state index contributed by atoms with van der Waals surface area (Å²) in [4.78, 5) is 15.8. The molecule has 1 heterocycles. The third-order valence-electron chi connectivity index (χ3n) is 2.80. The highest BCUT2D eigenvalue weighted by Crippen LogP contribution is 2.21. The van der Waals surface area contributed by atoms with Gasteiger partial charge in [-0.15, -0.1) is 12.4 Å². The number of halogens is 1. The second kappa shape index (κ2) is 6.88. The van der Waals surface area contributed by atoms with Gasteiger partial charge in [-0.3, -0.25) is 14.5 Å². The van der Waals surface area contributed by atoms with Gasteiger partial charge < -0.3 is 11.1 Å². The predicted octanol–water partition coefficient (Wildman–Crippen LogP) is -0.390. The quantitative estimate of drug-likeness (QED) is 0.696. The monoisotopic (exact) mass is 332 g/mol. The molecule has 0 unspecified atom stereocenters. The van der Waals surface area contributed by atoms with E-state index in [0.29, 0.717) is 12.1 Å². The molecule has 0 saturated heterocycles. The van der Waals surface area contributed by atoms with Crippen LogP contribution in [-0.4, -0.2) is 39.3 Å². The van der Waals surface area contributed by atoms with Crippen LogP contribution in [0.15, 0.2) is 34.2 Å². The van der Waals surface area contributed by atoms with E-state index in [-0.39, 0.29) is 41.6 Å². The first kappa shape index (κ1) is 17.4. The van der Waals surface area contributed by atoms with Gasteiger partial charge in [0.2, 0.25) is 5.91 Å². The maximum atomic E-state index is 11.8. The van der Waals surface area contributed by atoms with Crippen molar-refractivity contribution in [1.82, 2.24) is 10.0 Å². The first-order chi connectivity index (χ1) is 9.44. The van der Waals surface area contributed by atoms with Gasteiger partial charge in [0.25, 0.3) is 10.0 Å². The Kier molecular flexibility index (Phi) is 5.70. The van der Waals surface area contributed by atoms with Crippen molar-refractivity contribution in [2.24, 2.45) is 10.7 Å². The molecule has 1 aromatic rings. The van der Waals surface area contributed by atoms with Crippen LogP contribution in [0.25, 0.3) is 0 Å². The van der Waals surface area contributed by atoms with Crippen molar-refractivity contribution in [1.29, 1.82) is 0 Å². The van der Waals surface area contributed by atoms with E-state index in [1.807, 2.05) is 0 Å². The minimum absolute atomic E-state index is 0. The van der Waals surface area contributed by atoms with Crippen LogP contribution in [0, 0.1) is 0 Å². The summed E-state index contributed by atoms with van der Waals surface area (Å²) in [5.74, 6) is -0.116. The number of nitrogens with one attached hydrogen (secondary N) is 2. The van der Waals surface area contributed by atoms with E-state index in [2.05, 4.69) is 15.0 Å². The van der Waals surface area contributed by atoms with Crippen LogP contribution in [0.2, 0.25) is 0 Å². The molecule has 0 radical (unpaired) electrons. The number of sulfonamides is 1. The fraction of sp³-hybridized carbons (Fsp3) is 0.333. The second-order valence-electron chi connectivity index (χ2n) is 4.47. The number of amidine groups is 1. The number of hydrogen-bond acceptors (Lipinski definition) is 5. The van der Waals surface area contributed by atoms with Gasteiger partial charge in [-0.1, -0.05) is 12.1 Å². The number of aliphatic imine (C=N–C) groups is 1. The molecule has 1 aliphatic rings. The van der Waals surface area contributed by atoms with Gasteiger partial charge in [0, 0.05) is 18.2 Å². The van der Waals surface area contributed by atoms with Crippen LogP contribution in [0.3, 0.4) is 0 Å². The summed E-state index contributed by atoms with van der Waals surface area (Å²) in [6, 6.07) is 6.35. The molecule has 9 heteroatoms. The number of carbonyl (C=O) groups is 1. The van der Waals surface area contributed by atoms with E-state index in [1.54, 1.807) is 25.1 Å². The molecule has 0 saturated carbocycles. The maximum Gasteiger partial charge on any atom is 0.263 e. The lowest BCUT2D eigenvalue weighted by Crippen LogP contribution is -2.39. The SMILES string of the molecule is C[C@@H](CN)NC(=O)CN=C1NS(=O)(=O)c2ccccc21.Cl. The Morgan fingerprint density at radius 1 is 1.43 bits per heavy atom. The van der Waals surface area contributed by atoms with E-state index >= 15 is 0 Å². The molecule has 0 spiro atoms. The Bertz CT molecular complexity index is 660. The van der Waals surface area contributed by atoms with E-state index in [0.717, 1.165) is 0 Å². The number of fused-ring (bicyclic) bond motifs is 1. The molecule has 1 atom stereocenters.